The van der Waals surface area contributed by atoms with Crippen LogP contribution in [-0.2, 0) is 4.79 Å². The Hall–Kier alpha value is -4.63. The number of nitrogens with one attached hydrogen (secondary N) is 1. The predicted molar refractivity (Wildman–Crippen MR) is 174 cm³/mol. The number of thiophene rings is 1. The summed E-state index contributed by atoms with van der Waals surface area (Å²) >= 11 is 1.38. The SMILES string of the molecule is COc1ccc([C@H](C(=O)NC2CCCCC2)N(C(=O)c2cc3c(C)nn(-c4ccccc4)c3s2)c2ccc(OC)cc2)cc1. The van der Waals surface area contributed by atoms with Crippen molar-refractivity contribution in [1.29, 1.82) is 0 Å². The number of fused-ring (bicyclic) bond motifs is 1. The third-order valence-electron chi connectivity index (χ3n) is 8.22. The van der Waals surface area contributed by atoms with Crippen molar-refractivity contribution in [2.45, 2.75) is 51.1 Å². The number of para-hydroxylation sites is 1. The Kier molecular flexibility index (Phi) is 8.65. The summed E-state index contributed by atoms with van der Waals surface area (Å²) in [6.45, 7) is 1.95. The summed E-state index contributed by atoms with van der Waals surface area (Å²) < 4.78 is 12.7. The number of nitrogens with zero attached hydrogens (tertiary/aromatic N) is 3. The molecule has 1 aliphatic carbocycles. The molecule has 3 aromatic carbocycles. The lowest BCUT2D eigenvalue weighted by atomic mass is 9.94. The first-order valence-corrected chi connectivity index (χ1v) is 15.7. The van der Waals surface area contributed by atoms with Crippen LogP contribution < -0.4 is 19.7 Å². The van der Waals surface area contributed by atoms with Crippen LogP contribution in [0.2, 0.25) is 0 Å². The maximum Gasteiger partial charge on any atom is 0.269 e. The van der Waals surface area contributed by atoms with Crippen molar-refractivity contribution in [3.05, 3.63) is 101 Å². The Morgan fingerprint density at radius 2 is 1.55 bits per heavy atom. The maximum atomic E-state index is 14.7. The number of carbonyl (C=O) groups excluding carboxylic acids is 2. The van der Waals surface area contributed by atoms with Gasteiger partial charge < -0.3 is 14.8 Å². The summed E-state index contributed by atoms with van der Waals surface area (Å²) in [6.07, 6.45) is 5.21. The normalized spacial score (nSPS) is 14.2. The monoisotopic (exact) mass is 608 g/mol. The van der Waals surface area contributed by atoms with E-state index in [0.717, 1.165) is 47.3 Å². The van der Waals surface area contributed by atoms with E-state index in [1.807, 2.05) is 96.5 Å². The molecule has 2 amide bonds. The molecule has 0 radical (unpaired) electrons. The average Bonchev–Trinajstić information content (AvgIpc) is 3.64. The number of hydrogen-bond acceptors (Lipinski definition) is 6. The Morgan fingerprint density at radius 1 is 0.909 bits per heavy atom. The Labute approximate surface area is 261 Å². The first-order chi connectivity index (χ1) is 21.5. The third kappa shape index (κ3) is 5.92. The molecule has 0 spiro atoms. The first-order valence-electron chi connectivity index (χ1n) is 14.9. The van der Waals surface area contributed by atoms with E-state index in [4.69, 9.17) is 14.6 Å². The standard InChI is InChI=1S/C35H36N4O4S/c1-23-30-22-31(44-35(30)39(37-23)27-12-8-5-9-13-27)34(41)38(26-16-20-29(43-3)21-17-26)32(24-14-18-28(42-2)19-15-24)33(40)36-25-10-6-4-7-11-25/h5,8-9,12-22,25,32H,4,6-7,10-11H2,1-3H3,(H,36,40)/t32-/m1/s1. The van der Waals surface area contributed by atoms with Gasteiger partial charge in [0.25, 0.3) is 5.91 Å². The van der Waals surface area contributed by atoms with E-state index in [-0.39, 0.29) is 17.9 Å². The highest BCUT2D eigenvalue weighted by Crippen LogP contribution is 2.36. The number of anilines is 1. The van der Waals surface area contributed by atoms with E-state index in [1.165, 1.54) is 17.8 Å². The van der Waals surface area contributed by atoms with Crippen LogP contribution in [0.1, 0.15) is 59.1 Å². The van der Waals surface area contributed by atoms with Gasteiger partial charge in [0.15, 0.2) is 0 Å². The Balaban J connectivity index is 1.47. The average molecular weight is 609 g/mol. The molecule has 0 unspecified atom stereocenters. The van der Waals surface area contributed by atoms with E-state index >= 15 is 0 Å². The van der Waals surface area contributed by atoms with Crippen molar-refractivity contribution in [2.24, 2.45) is 0 Å². The Morgan fingerprint density at radius 3 is 2.18 bits per heavy atom. The molecule has 226 valence electrons. The minimum atomic E-state index is -0.916. The zero-order valence-corrected chi connectivity index (χ0v) is 26.0. The molecule has 2 heterocycles. The zero-order valence-electron chi connectivity index (χ0n) is 25.2. The number of hydrogen-bond donors (Lipinski definition) is 1. The van der Waals surface area contributed by atoms with Gasteiger partial charge in [-0.05, 0) is 79.9 Å². The van der Waals surface area contributed by atoms with Crippen LogP contribution in [-0.4, -0.2) is 41.9 Å². The highest BCUT2D eigenvalue weighted by molar-refractivity contribution is 7.20. The van der Waals surface area contributed by atoms with Gasteiger partial charge in [0.05, 0.1) is 30.5 Å². The van der Waals surface area contributed by atoms with Gasteiger partial charge in [0.1, 0.15) is 22.4 Å². The van der Waals surface area contributed by atoms with Crippen LogP contribution in [0.5, 0.6) is 11.5 Å². The summed E-state index contributed by atoms with van der Waals surface area (Å²) in [7, 11) is 3.21. The smallest absolute Gasteiger partial charge is 0.269 e. The number of amides is 2. The predicted octanol–water partition coefficient (Wildman–Crippen LogP) is 7.25. The van der Waals surface area contributed by atoms with Gasteiger partial charge >= 0.3 is 0 Å². The van der Waals surface area contributed by atoms with E-state index in [9.17, 15) is 9.59 Å². The molecule has 0 bridgehead atoms. The van der Waals surface area contributed by atoms with Gasteiger partial charge in [-0.2, -0.15) is 5.10 Å². The van der Waals surface area contributed by atoms with Crippen LogP contribution in [0.15, 0.2) is 84.9 Å². The summed E-state index contributed by atoms with van der Waals surface area (Å²) in [6, 6.07) is 25.6. The largest absolute Gasteiger partial charge is 0.497 e. The first kappa shape index (κ1) is 29.4. The van der Waals surface area contributed by atoms with E-state index in [1.54, 1.807) is 19.1 Å². The lowest BCUT2D eigenvalue weighted by Crippen LogP contribution is -2.47. The molecule has 6 rings (SSSR count). The summed E-state index contributed by atoms with van der Waals surface area (Å²) in [4.78, 5) is 32.0. The minimum absolute atomic E-state index is 0.0775. The summed E-state index contributed by atoms with van der Waals surface area (Å²) in [5.41, 5.74) is 3.03. The number of carbonyl (C=O) groups is 2. The van der Waals surface area contributed by atoms with Crippen LogP contribution in [0, 0.1) is 6.92 Å². The molecule has 0 saturated heterocycles. The zero-order chi connectivity index (χ0) is 30.6. The van der Waals surface area contributed by atoms with Crippen molar-refractivity contribution >= 4 is 39.1 Å². The number of aryl methyl sites for hydroxylation is 1. The van der Waals surface area contributed by atoms with Gasteiger partial charge in [-0.25, -0.2) is 4.68 Å². The van der Waals surface area contributed by atoms with Gasteiger partial charge in [0, 0.05) is 17.1 Å². The highest BCUT2D eigenvalue weighted by atomic mass is 32.1. The molecule has 9 heteroatoms. The van der Waals surface area contributed by atoms with Crippen molar-refractivity contribution in [3.63, 3.8) is 0 Å². The van der Waals surface area contributed by atoms with Crippen LogP contribution in [0.4, 0.5) is 5.69 Å². The van der Waals surface area contributed by atoms with E-state index in [2.05, 4.69) is 5.32 Å². The lowest BCUT2D eigenvalue weighted by Gasteiger charge is -2.33. The van der Waals surface area contributed by atoms with Gasteiger partial charge in [0.2, 0.25) is 5.91 Å². The van der Waals surface area contributed by atoms with Gasteiger partial charge in [-0.1, -0.05) is 49.6 Å². The molecule has 5 aromatic rings. The number of rotatable bonds is 9. The van der Waals surface area contributed by atoms with E-state index in [0.29, 0.717) is 27.6 Å². The van der Waals surface area contributed by atoms with Crippen LogP contribution in [0.25, 0.3) is 15.9 Å². The fraction of sp³-hybridized carbons (Fsp3) is 0.286. The van der Waals surface area contributed by atoms with E-state index < -0.39 is 6.04 Å². The molecule has 0 aliphatic heterocycles. The van der Waals surface area contributed by atoms with Crippen molar-refractivity contribution in [2.75, 3.05) is 19.1 Å². The van der Waals surface area contributed by atoms with Crippen LogP contribution >= 0.6 is 11.3 Å². The summed E-state index contributed by atoms with van der Waals surface area (Å²) in [5, 5.41) is 8.94. The molecule has 44 heavy (non-hydrogen) atoms. The third-order valence-corrected chi connectivity index (χ3v) is 9.31. The molecule has 1 saturated carbocycles. The van der Waals surface area contributed by atoms with Crippen molar-refractivity contribution in [1.82, 2.24) is 15.1 Å². The quantitative estimate of drug-likeness (QED) is 0.191. The number of methoxy groups -OCH3 is 2. The van der Waals surface area contributed by atoms with Gasteiger partial charge in [-0.15, -0.1) is 11.3 Å². The second kappa shape index (κ2) is 12.9. The second-order valence-corrected chi connectivity index (χ2v) is 12.1. The molecular weight excluding hydrogens is 572 g/mol. The molecule has 1 aliphatic rings. The highest BCUT2D eigenvalue weighted by Gasteiger charge is 2.36. The Bertz CT molecular complexity index is 1740. The minimum Gasteiger partial charge on any atom is -0.497 e. The summed E-state index contributed by atoms with van der Waals surface area (Å²) in [5.74, 6) is 0.858. The lowest BCUT2D eigenvalue weighted by molar-refractivity contribution is -0.123. The van der Waals surface area contributed by atoms with Crippen molar-refractivity contribution < 1.29 is 19.1 Å². The number of benzene rings is 3. The fourth-order valence-electron chi connectivity index (χ4n) is 5.87. The topological polar surface area (TPSA) is 85.7 Å². The molecule has 1 fully saturated rings. The molecule has 8 nitrogen and oxygen atoms in total. The number of aromatic nitrogens is 2. The molecule has 1 N–H and O–H groups in total. The fourth-order valence-corrected chi connectivity index (χ4v) is 6.99. The molecular formula is C35H36N4O4S. The second-order valence-electron chi connectivity index (χ2n) is 11.1. The number of ether oxygens (including phenoxy) is 2. The maximum absolute atomic E-state index is 14.7. The van der Waals surface area contributed by atoms with Gasteiger partial charge in [-0.3, -0.25) is 14.5 Å². The molecule has 1 atom stereocenters. The van der Waals surface area contributed by atoms with Crippen LogP contribution in [0.3, 0.4) is 0 Å². The van der Waals surface area contributed by atoms with Crippen molar-refractivity contribution in [3.8, 4) is 17.2 Å². The molecule has 2 aromatic heterocycles.